The molecule has 0 unspecified atom stereocenters. The third-order valence-electron chi connectivity index (χ3n) is 8.70. The molecule has 3 N–H and O–H groups in total. The topological polar surface area (TPSA) is 114 Å². The summed E-state index contributed by atoms with van der Waals surface area (Å²) in [4.78, 5) is 40.2. The molecular formula is C44H50N2O6. The fraction of sp³-hybridized carbons (Fsp3) is 0.295. The standard InChI is InChI=1S/C44H50N2O6/c1-3-14-37(29-42(48)45-39(30-47)27-34-18-10-6-11-19-34)43(49)46-40(32-52-44(50)38(15-4-2)26-33-16-8-5-9-17-33)28-35-22-24-41(25-23-35)51-31-36-20-12-7-13-21-36/h3-13,16-25,37-40,47H,1-2,14-15,26-32H2,(H,45,48)(H,46,49)/t37-,38-,39-,40+/m1/s1. The van der Waals surface area contributed by atoms with E-state index in [1.807, 2.05) is 115 Å². The molecule has 4 aromatic carbocycles. The van der Waals surface area contributed by atoms with Gasteiger partial charge < -0.3 is 25.2 Å². The predicted molar refractivity (Wildman–Crippen MR) is 204 cm³/mol. The normalized spacial score (nSPS) is 13.1. The van der Waals surface area contributed by atoms with Crippen LogP contribution in [0.15, 0.2) is 141 Å². The van der Waals surface area contributed by atoms with Crippen LogP contribution in [0.3, 0.4) is 0 Å². The minimum absolute atomic E-state index is 0.0596. The number of aliphatic hydroxyl groups is 1. The Morgan fingerprint density at radius 2 is 1.15 bits per heavy atom. The van der Waals surface area contributed by atoms with Crippen LogP contribution in [0.25, 0.3) is 0 Å². The second-order valence-electron chi connectivity index (χ2n) is 12.9. The van der Waals surface area contributed by atoms with Gasteiger partial charge >= 0.3 is 5.97 Å². The molecule has 272 valence electrons. The van der Waals surface area contributed by atoms with Crippen LogP contribution in [-0.2, 0) is 45.0 Å². The van der Waals surface area contributed by atoms with Crippen LogP contribution < -0.4 is 15.4 Å². The Morgan fingerprint density at radius 3 is 1.73 bits per heavy atom. The maximum absolute atomic E-state index is 13.7. The van der Waals surface area contributed by atoms with Crippen molar-refractivity contribution in [3.8, 4) is 5.75 Å². The van der Waals surface area contributed by atoms with Crippen LogP contribution in [0.5, 0.6) is 5.75 Å². The molecule has 8 nitrogen and oxygen atoms in total. The van der Waals surface area contributed by atoms with E-state index in [2.05, 4.69) is 23.8 Å². The quantitative estimate of drug-likeness (QED) is 0.0631. The monoisotopic (exact) mass is 702 g/mol. The van der Waals surface area contributed by atoms with E-state index in [1.165, 1.54) is 0 Å². The summed E-state index contributed by atoms with van der Waals surface area (Å²) in [6, 6.07) is 35.7. The molecule has 4 aromatic rings. The molecule has 4 rings (SSSR count). The Bertz CT molecular complexity index is 1680. The summed E-state index contributed by atoms with van der Waals surface area (Å²) in [5, 5.41) is 15.9. The number of carbonyl (C=O) groups excluding carboxylic acids is 3. The molecule has 0 aliphatic rings. The van der Waals surface area contributed by atoms with E-state index in [0.29, 0.717) is 38.0 Å². The number of benzene rings is 4. The molecule has 0 saturated carbocycles. The third-order valence-corrected chi connectivity index (χ3v) is 8.70. The van der Waals surface area contributed by atoms with Gasteiger partial charge in [0.2, 0.25) is 11.8 Å². The van der Waals surface area contributed by atoms with Gasteiger partial charge in [-0.3, -0.25) is 14.4 Å². The van der Waals surface area contributed by atoms with Crippen molar-refractivity contribution < 1.29 is 29.0 Å². The van der Waals surface area contributed by atoms with E-state index in [1.54, 1.807) is 12.2 Å². The molecule has 0 fully saturated rings. The van der Waals surface area contributed by atoms with E-state index in [0.717, 1.165) is 22.3 Å². The molecule has 2 amide bonds. The Labute approximate surface area is 307 Å². The average molecular weight is 703 g/mol. The van der Waals surface area contributed by atoms with Gasteiger partial charge in [-0.2, -0.15) is 0 Å². The number of hydrogen-bond donors (Lipinski definition) is 3. The van der Waals surface area contributed by atoms with Gasteiger partial charge in [0, 0.05) is 6.42 Å². The highest BCUT2D eigenvalue weighted by atomic mass is 16.5. The van der Waals surface area contributed by atoms with Crippen molar-refractivity contribution in [2.24, 2.45) is 11.8 Å². The fourth-order valence-corrected chi connectivity index (χ4v) is 5.94. The van der Waals surface area contributed by atoms with Crippen LogP contribution in [0, 0.1) is 11.8 Å². The maximum Gasteiger partial charge on any atom is 0.309 e. The van der Waals surface area contributed by atoms with Crippen molar-refractivity contribution in [3.05, 3.63) is 163 Å². The summed E-state index contributed by atoms with van der Waals surface area (Å²) in [7, 11) is 0. The molecule has 8 heteroatoms. The number of hydrogen-bond acceptors (Lipinski definition) is 6. The molecule has 0 aromatic heterocycles. The van der Waals surface area contributed by atoms with Crippen molar-refractivity contribution in [2.45, 2.75) is 57.2 Å². The predicted octanol–water partition coefficient (Wildman–Crippen LogP) is 6.57. The first-order chi connectivity index (χ1) is 25.4. The zero-order valence-electron chi connectivity index (χ0n) is 29.7. The zero-order chi connectivity index (χ0) is 37.0. The second kappa shape index (κ2) is 21.7. The van der Waals surface area contributed by atoms with Crippen LogP contribution in [0.2, 0.25) is 0 Å². The van der Waals surface area contributed by atoms with Crippen LogP contribution in [0.1, 0.15) is 41.5 Å². The van der Waals surface area contributed by atoms with E-state index >= 15 is 0 Å². The SMILES string of the molecule is C=CC[C@H](CC(=O)N[C@@H](CO)Cc1ccccc1)C(=O)N[C@H](COC(=O)[C@H](CC=C)Cc1ccccc1)Cc1ccc(OCc2ccccc2)cc1. The van der Waals surface area contributed by atoms with Gasteiger partial charge in [0.15, 0.2) is 0 Å². The largest absolute Gasteiger partial charge is 0.489 e. The molecule has 0 bridgehead atoms. The van der Waals surface area contributed by atoms with E-state index < -0.39 is 23.9 Å². The van der Waals surface area contributed by atoms with Gasteiger partial charge in [0.05, 0.1) is 30.5 Å². The lowest BCUT2D eigenvalue weighted by molar-refractivity contribution is -0.149. The molecule has 0 aliphatic heterocycles. The van der Waals surface area contributed by atoms with Crippen LogP contribution in [-0.4, -0.2) is 48.2 Å². The highest BCUT2D eigenvalue weighted by molar-refractivity contribution is 5.86. The Hall–Kier alpha value is -5.47. The number of nitrogens with one attached hydrogen (secondary N) is 2. The van der Waals surface area contributed by atoms with Gasteiger partial charge in [0.25, 0.3) is 0 Å². The molecule has 4 atom stereocenters. The van der Waals surface area contributed by atoms with Crippen LogP contribution >= 0.6 is 0 Å². The summed E-state index contributed by atoms with van der Waals surface area (Å²) < 4.78 is 11.8. The van der Waals surface area contributed by atoms with Gasteiger partial charge in [-0.15, -0.1) is 13.2 Å². The first-order valence-corrected chi connectivity index (χ1v) is 17.8. The van der Waals surface area contributed by atoms with Crippen molar-refractivity contribution in [1.29, 1.82) is 0 Å². The first-order valence-electron chi connectivity index (χ1n) is 17.8. The highest BCUT2D eigenvalue weighted by Crippen LogP contribution is 2.19. The smallest absolute Gasteiger partial charge is 0.309 e. The highest BCUT2D eigenvalue weighted by Gasteiger charge is 2.27. The summed E-state index contributed by atoms with van der Waals surface area (Å²) in [5.74, 6) is -1.51. The van der Waals surface area contributed by atoms with E-state index in [9.17, 15) is 19.5 Å². The van der Waals surface area contributed by atoms with Gasteiger partial charge in [-0.1, -0.05) is 115 Å². The number of rotatable bonds is 22. The summed E-state index contributed by atoms with van der Waals surface area (Å²) in [5.41, 5.74) is 3.96. The molecule has 0 radical (unpaired) electrons. The lowest BCUT2D eigenvalue weighted by atomic mass is 9.96. The molecule has 0 aliphatic carbocycles. The molecule has 0 heterocycles. The number of esters is 1. The first kappa shape index (κ1) is 39.3. The average Bonchev–Trinajstić information content (AvgIpc) is 3.17. The van der Waals surface area contributed by atoms with Gasteiger partial charge in [-0.25, -0.2) is 0 Å². The summed E-state index contributed by atoms with van der Waals surface area (Å²) >= 11 is 0. The molecular weight excluding hydrogens is 652 g/mol. The second-order valence-corrected chi connectivity index (χ2v) is 12.9. The lowest BCUT2D eigenvalue weighted by Gasteiger charge is -2.24. The van der Waals surface area contributed by atoms with Crippen LogP contribution in [0.4, 0.5) is 0 Å². The van der Waals surface area contributed by atoms with Crippen molar-refractivity contribution in [3.63, 3.8) is 0 Å². The number of amides is 2. The lowest BCUT2D eigenvalue weighted by Crippen LogP contribution is -2.45. The summed E-state index contributed by atoms with van der Waals surface area (Å²) in [6.45, 7) is 7.77. The number of ether oxygens (including phenoxy) is 2. The Morgan fingerprint density at radius 1 is 0.635 bits per heavy atom. The minimum Gasteiger partial charge on any atom is -0.489 e. The van der Waals surface area contributed by atoms with Crippen molar-refractivity contribution in [2.75, 3.05) is 13.2 Å². The minimum atomic E-state index is -0.716. The third kappa shape index (κ3) is 13.7. The molecule has 52 heavy (non-hydrogen) atoms. The number of carbonyl (C=O) groups is 3. The maximum atomic E-state index is 13.7. The van der Waals surface area contributed by atoms with Gasteiger partial charge in [0.1, 0.15) is 19.0 Å². The number of allylic oxidation sites excluding steroid dienone is 2. The fourth-order valence-electron chi connectivity index (χ4n) is 5.94. The van der Waals surface area contributed by atoms with Gasteiger partial charge in [-0.05, 0) is 66.5 Å². The van der Waals surface area contributed by atoms with Crippen molar-refractivity contribution >= 4 is 17.8 Å². The zero-order valence-corrected chi connectivity index (χ0v) is 29.7. The van der Waals surface area contributed by atoms with E-state index in [4.69, 9.17) is 9.47 Å². The van der Waals surface area contributed by atoms with Crippen molar-refractivity contribution in [1.82, 2.24) is 10.6 Å². The Kier molecular flexibility index (Phi) is 16.4. The Balaban J connectivity index is 1.43. The molecule has 0 spiro atoms. The summed E-state index contributed by atoms with van der Waals surface area (Å²) in [6.07, 6.45) is 5.27. The number of aliphatic hydroxyl groups excluding tert-OH is 1. The molecule has 0 saturated heterocycles. The van der Waals surface area contributed by atoms with E-state index in [-0.39, 0.29) is 43.8 Å².